The number of hydrogen-bond donors (Lipinski definition) is 2. The third-order valence-corrected chi connectivity index (χ3v) is 4.78. The van der Waals surface area contributed by atoms with Gasteiger partial charge in [0.15, 0.2) is 0 Å². The third kappa shape index (κ3) is 2.50. The van der Waals surface area contributed by atoms with Gasteiger partial charge in [-0.2, -0.15) is 0 Å². The topological polar surface area (TPSA) is 62.0 Å². The molecular formula is C15H13FN2O2S. The smallest absolute Gasteiger partial charge is 0.262 e. The number of H-pyrrole nitrogens is 1. The standard InChI is InChI=1S/C15H13FN2O2S/c1-10-9-12(16)5-6-14(10)21(19,20)18-13-4-2-3-11-7-8-17-15(11)13/h2-9,17-18H,1H3. The molecule has 6 heteroatoms. The maximum absolute atomic E-state index is 13.1. The van der Waals surface area contributed by atoms with Gasteiger partial charge in [-0.15, -0.1) is 0 Å². The molecule has 0 saturated carbocycles. The molecule has 0 atom stereocenters. The molecule has 3 aromatic rings. The molecule has 0 radical (unpaired) electrons. The fraction of sp³-hybridized carbons (Fsp3) is 0.0667. The normalized spacial score (nSPS) is 11.7. The van der Waals surface area contributed by atoms with E-state index in [4.69, 9.17) is 0 Å². The summed E-state index contributed by atoms with van der Waals surface area (Å²) < 4.78 is 40.6. The van der Waals surface area contributed by atoms with Gasteiger partial charge in [0.05, 0.1) is 16.1 Å². The molecule has 0 aliphatic carbocycles. The summed E-state index contributed by atoms with van der Waals surface area (Å²) in [5.74, 6) is -0.460. The number of fused-ring (bicyclic) bond motifs is 1. The summed E-state index contributed by atoms with van der Waals surface area (Å²) in [4.78, 5) is 3.06. The van der Waals surface area contributed by atoms with Gasteiger partial charge in [0.1, 0.15) is 5.82 Å². The molecule has 108 valence electrons. The summed E-state index contributed by atoms with van der Waals surface area (Å²) in [6, 6.07) is 10.8. The number of anilines is 1. The van der Waals surface area contributed by atoms with Crippen LogP contribution in [0.5, 0.6) is 0 Å². The molecule has 0 saturated heterocycles. The van der Waals surface area contributed by atoms with Crippen molar-refractivity contribution in [3.63, 3.8) is 0 Å². The lowest BCUT2D eigenvalue weighted by atomic mass is 10.2. The molecule has 0 spiro atoms. The zero-order valence-electron chi connectivity index (χ0n) is 11.2. The molecule has 0 bridgehead atoms. The maximum atomic E-state index is 13.1. The molecule has 0 amide bonds. The van der Waals surface area contributed by atoms with E-state index in [1.165, 1.54) is 12.1 Å². The van der Waals surface area contributed by atoms with Gasteiger partial charge in [-0.05, 0) is 42.8 Å². The van der Waals surface area contributed by atoms with Crippen LogP contribution in [0.2, 0.25) is 0 Å². The third-order valence-electron chi connectivity index (χ3n) is 3.26. The van der Waals surface area contributed by atoms with E-state index in [0.29, 0.717) is 16.8 Å². The van der Waals surface area contributed by atoms with Crippen LogP contribution in [0.25, 0.3) is 10.9 Å². The van der Waals surface area contributed by atoms with Gasteiger partial charge in [-0.3, -0.25) is 4.72 Å². The van der Waals surface area contributed by atoms with E-state index in [1.54, 1.807) is 25.3 Å². The summed E-state index contributed by atoms with van der Waals surface area (Å²) in [6.45, 7) is 1.56. The highest BCUT2D eigenvalue weighted by Gasteiger charge is 2.18. The lowest BCUT2D eigenvalue weighted by Crippen LogP contribution is -2.14. The van der Waals surface area contributed by atoms with Crippen LogP contribution in [0.4, 0.5) is 10.1 Å². The minimum Gasteiger partial charge on any atom is -0.359 e. The highest BCUT2D eigenvalue weighted by Crippen LogP contribution is 2.25. The van der Waals surface area contributed by atoms with Crippen molar-refractivity contribution in [1.82, 2.24) is 4.98 Å². The molecule has 0 aliphatic heterocycles. The molecule has 1 heterocycles. The second kappa shape index (κ2) is 4.89. The van der Waals surface area contributed by atoms with Crippen LogP contribution in [0.3, 0.4) is 0 Å². The zero-order valence-corrected chi connectivity index (χ0v) is 12.0. The molecule has 2 N–H and O–H groups in total. The molecule has 21 heavy (non-hydrogen) atoms. The number of benzene rings is 2. The number of aromatic amines is 1. The van der Waals surface area contributed by atoms with Crippen molar-refractivity contribution in [2.75, 3.05) is 4.72 Å². The monoisotopic (exact) mass is 304 g/mol. The SMILES string of the molecule is Cc1cc(F)ccc1S(=O)(=O)Nc1cccc2cc[nH]c12. The maximum Gasteiger partial charge on any atom is 0.262 e. The number of para-hydroxylation sites is 1. The highest BCUT2D eigenvalue weighted by atomic mass is 32.2. The van der Waals surface area contributed by atoms with Gasteiger partial charge in [-0.25, -0.2) is 12.8 Å². The van der Waals surface area contributed by atoms with Crippen molar-refractivity contribution in [3.8, 4) is 0 Å². The van der Waals surface area contributed by atoms with Crippen LogP contribution in [-0.4, -0.2) is 13.4 Å². The van der Waals surface area contributed by atoms with Crippen LogP contribution in [0.15, 0.2) is 53.6 Å². The minimum atomic E-state index is -3.77. The molecule has 3 rings (SSSR count). The Morgan fingerprint density at radius 3 is 2.71 bits per heavy atom. The number of sulfonamides is 1. The van der Waals surface area contributed by atoms with Gasteiger partial charge in [-0.1, -0.05) is 12.1 Å². The van der Waals surface area contributed by atoms with E-state index in [1.807, 2.05) is 12.1 Å². The lowest BCUT2D eigenvalue weighted by Gasteiger charge is -2.11. The fourth-order valence-corrected chi connectivity index (χ4v) is 3.58. The van der Waals surface area contributed by atoms with E-state index < -0.39 is 15.8 Å². The number of aryl methyl sites for hydroxylation is 1. The quantitative estimate of drug-likeness (QED) is 0.779. The van der Waals surface area contributed by atoms with Gasteiger partial charge < -0.3 is 4.98 Å². The van der Waals surface area contributed by atoms with Crippen molar-refractivity contribution in [2.24, 2.45) is 0 Å². The highest BCUT2D eigenvalue weighted by molar-refractivity contribution is 7.92. The van der Waals surface area contributed by atoms with E-state index in [0.717, 1.165) is 11.5 Å². The Morgan fingerprint density at radius 1 is 1.14 bits per heavy atom. The first kappa shape index (κ1) is 13.6. The Hall–Kier alpha value is -2.34. The Morgan fingerprint density at radius 2 is 1.95 bits per heavy atom. The number of halogens is 1. The zero-order chi connectivity index (χ0) is 15.0. The van der Waals surface area contributed by atoms with E-state index in [2.05, 4.69) is 9.71 Å². The Balaban J connectivity index is 2.05. The van der Waals surface area contributed by atoms with Crippen LogP contribution in [0.1, 0.15) is 5.56 Å². The van der Waals surface area contributed by atoms with E-state index in [9.17, 15) is 12.8 Å². The second-order valence-electron chi connectivity index (χ2n) is 4.76. The molecular weight excluding hydrogens is 291 g/mol. The summed E-state index contributed by atoms with van der Waals surface area (Å²) >= 11 is 0. The van der Waals surface area contributed by atoms with Crippen LogP contribution < -0.4 is 4.72 Å². The van der Waals surface area contributed by atoms with Crippen molar-refractivity contribution in [2.45, 2.75) is 11.8 Å². The summed E-state index contributed by atoms with van der Waals surface area (Å²) in [6.07, 6.45) is 1.74. The largest absolute Gasteiger partial charge is 0.359 e. The van der Waals surface area contributed by atoms with Crippen molar-refractivity contribution >= 4 is 26.6 Å². The minimum absolute atomic E-state index is 0.0625. The van der Waals surface area contributed by atoms with Crippen LogP contribution >= 0.6 is 0 Å². The average molecular weight is 304 g/mol. The average Bonchev–Trinajstić information content (AvgIpc) is 2.87. The van der Waals surface area contributed by atoms with E-state index in [-0.39, 0.29) is 4.90 Å². The Labute approximate surface area is 121 Å². The van der Waals surface area contributed by atoms with E-state index >= 15 is 0 Å². The molecule has 4 nitrogen and oxygen atoms in total. The van der Waals surface area contributed by atoms with Gasteiger partial charge in [0.25, 0.3) is 10.0 Å². The van der Waals surface area contributed by atoms with Gasteiger partial charge >= 0.3 is 0 Å². The first-order valence-electron chi connectivity index (χ1n) is 6.32. The molecule has 1 aromatic heterocycles. The summed E-state index contributed by atoms with van der Waals surface area (Å²) in [5, 5.41) is 0.908. The van der Waals surface area contributed by atoms with Crippen LogP contribution in [0, 0.1) is 12.7 Å². The number of hydrogen-bond acceptors (Lipinski definition) is 2. The van der Waals surface area contributed by atoms with Crippen LogP contribution in [-0.2, 0) is 10.0 Å². The summed E-state index contributed by atoms with van der Waals surface area (Å²) in [5.41, 5.74) is 1.53. The van der Waals surface area contributed by atoms with Gasteiger partial charge in [0, 0.05) is 11.6 Å². The number of aromatic nitrogens is 1. The summed E-state index contributed by atoms with van der Waals surface area (Å²) in [7, 11) is -3.77. The van der Waals surface area contributed by atoms with Gasteiger partial charge in [0.2, 0.25) is 0 Å². The molecule has 0 aliphatic rings. The number of nitrogens with one attached hydrogen (secondary N) is 2. The van der Waals surface area contributed by atoms with Crippen molar-refractivity contribution < 1.29 is 12.8 Å². The predicted molar refractivity (Wildman–Crippen MR) is 80.2 cm³/mol. The Bertz CT molecular complexity index is 916. The first-order valence-corrected chi connectivity index (χ1v) is 7.81. The Kier molecular flexibility index (Phi) is 3.17. The van der Waals surface area contributed by atoms with Crippen molar-refractivity contribution in [1.29, 1.82) is 0 Å². The first-order chi connectivity index (χ1) is 9.97. The predicted octanol–water partition coefficient (Wildman–Crippen LogP) is 3.42. The van der Waals surface area contributed by atoms with Crippen molar-refractivity contribution in [3.05, 3.63) is 60.0 Å². The lowest BCUT2D eigenvalue weighted by molar-refractivity contribution is 0.598. The molecule has 0 unspecified atom stereocenters. The second-order valence-corrected chi connectivity index (χ2v) is 6.41. The number of rotatable bonds is 3. The molecule has 0 fully saturated rings. The molecule has 2 aromatic carbocycles. The fourth-order valence-electron chi connectivity index (χ4n) is 2.28.